The molecule has 0 aromatic heterocycles. The average Bonchev–Trinajstić information content (AvgIpc) is 2.40. The van der Waals surface area contributed by atoms with Crippen molar-refractivity contribution in [2.45, 2.75) is 25.3 Å². The highest BCUT2D eigenvalue weighted by Crippen LogP contribution is 2.33. The maximum atomic E-state index is 3.49. The number of rotatable bonds is 1. The number of nitrogens with one attached hydrogen (secondary N) is 1. The molecule has 1 saturated carbocycles. The monoisotopic (exact) mass is 166 g/mol. The maximum Gasteiger partial charge on any atom is 0.00955 e. The van der Waals surface area contributed by atoms with E-state index in [2.05, 4.69) is 10.2 Å². The molecule has 68 valence electrons. The third-order valence-corrected chi connectivity index (χ3v) is 4.01. The molecule has 0 aromatic rings. The van der Waals surface area contributed by atoms with E-state index in [4.69, 9.17) is 0 Å². The molecule has 0 unspecified atom stereocenters. The van der Waals surface area contributed by atoms with E-state index >= 15 is 0 Å². The lowest BCUT2D eigenvalue weighted by atomic mass is 9.92. The van der Waals surface area contributed by atoms with Crippen molar-refractivity contribution in [2.24, 2.45) is 11.8 Å². The van der Waals surface area contributed by atoms with Gasteiger partial charge in [0.15, 0.2) is 0 Å². The van der Waals surface area contributed by atoms with Crippen LogP contribution < -0.4 is 5.32 Å². The Labute approximate surface area is 74.3 Å². The summed E-state index contributed by atoms with van der Waals surface area (Å²) in [7, 11) is 0. The van der Waals surface area contributed by atoms with Gasteiger partial charge in [-0.05, 0) is 37.8 Å². The molecule has 2 nitrogen and oxygen atoms in total. The molecule has 0 aromatic carbocycles. The Kier molecular flexibility index (Phi) is 1.66. The largest absolute Gasteiger partial charge is 0.316 e. The lowest BCUT2D eigenvalue weighted by molar-refractivity contribution is 0.148. The van der Waals surface area contributed by atoms with Gasteiger partial charge in [-0.15, -0.1) is 0 Å². The molecule has 2 saturated heterocycles. The molecular formula is C10H18N2. The molecule has 1 aliphatic carbocycles. The third-order valence-electron chi connectivity index (χ3n) is 4.01. The fraction of sp³-hybridized carbons (Fsp3) is 1.00. The second kappa shape index (κ2) is 2.71. The highest BCUT2D eigenvalue weighted by molar-refractivity contribution is 4.95. The van der Waals surface area contributed by atoms with E-state index in [0.717, 1.165) is 17.9 Å². The minimum absolute atomic E-state index is 0.982. The third kappa shape index (κ3) is 1.01. The predicted molar refractivity (Wildman–Crippen MR) is 49.1 cm³/mol. The fourth-order valence-corrected chi connectivity index (χ4v) is 2.94. The molecule has 3 rings (SSSR count). The minimum atomic E-state index is 0.982. The Hall–Kier alpha value is -0.0800. The Balaban J connectivity index is 1.63. The zero-order chi connectivity index (χ0) is 7.97. The molecule has 0 radical (unpaired) electrons. The first kappa shape index (κ1) is 7.34. The second-order valence-electron chi connectivity index (χ2n) is 4.72. The van der Waals surface area contributed by atoms with Crippen molar-refractivity contribution in [1.82, 2.24) is 10.2 Å². The Morgan fingerprint density at radius 2 is 1.67 bits per heavy atom. The van der Waals surface area contributed by atoms with Crippen LogP contribution in [-0.2, 0) is 0 Å². The van der Waals surface area contributed by atoms with E-state index in [0.29, 0.717) is 0 Å². The summed E-state index contributed by atoms with van der Waals surface area (Å²) in [5, 5.41) is 3.49. The van der Waals surface area contributed by atoms with Crippen LogP contribution in [0.25, 0.3) is 0 Å². The number of fused-ring (bicyclic) bond motifs is 1. The van der Waals surface area contributed by atoms with Gasteiger partial charge >= 0.3 is 0 Å². The molecule has 12 heavy (non-hydrogen) atoms. The molecule has 3 aliphatic rings. The van der Waals surface area contributed by atoms with Crippen LogP contribution >= 0.6 is 0 Å². The molecule has 2 atom stereocenters. The van der Waals surface area contributed by atoms with Gasteiger partial charge in [-0.25, -0.2) is 0 Å². The summed E-state index contributed by atoms with van der Waals surface area (Å²) < 4.78 is 0. The van der Waals surface area contributed by atoms with Crippen molar-refractivity contribution >= 4 is 0 Å². The topological polar surface area (TPSA) is 15.3 Å². The van der Waals surface area contributed by atoms with E-state index in [-0.39, 0.29) is 0 Å². The van der Waals surface area contributed by atoms with Gasteiger partial charge in [0.1, 0.15) is 0 Å². The van der Waals surface area contributed by atoms with Gasteiger partial charge in [-0.1, -0.05) is 6.42 Å². The van der Waals surface area contributed by atoms with Crippen molar-refractivity contribution in [2.75, 3.05) is 26.2 Å². The van der Waals surface area contributed by atoms with Crippen LogP contribution in [0.3, 0.4) is 0 Å². The van der Waals surface area contributed by atoms with Crippen molar-refractivity contribution in [3.8, 4) is 0 Å². The quantitative estimate of drug-likeness (QED) is 0.616. The molecular weight excluding hydrogens is 148 g/mol. The van der Waals surface area contributed by atoms with Crippen LogP contribution in [0.4, 0.5) is 0 Å². The van der Waals surface area contributed by atoms with Gasteiger partial charge in [0.2, 0.25) is 0 Å². The molecule has 2 heterocycles. The zero-order valence-electron chi connectivity index (χ0n) is 7.63. The van der Waals surface area contributed by atoms with E-state index in [1.54, 1.807) is 0 Å². The number of likely N-dealkylation sites (tertiary alicyclic amines) is 1. The van der Waals surface area contributed by atoms with E-state index in [9.17, 15) is 0 Å². The maximum absolute atomic E-state index is 3.49. The normalized spacial score (nSPS) is 43.0. The summed E-state index contributed by atoms with van der Waals surface area (Å²) in [5.41, 5.74) is 0. The zero-order valence-corrected chi connectivity index (χ0v) is 7.63. The standard InChI is InChI=1S/C10H18N2/c1-2-10(3-1)12-6-8-4-11-5-9(8)7-12/h8-11H,1-7H2/t8-,9+. The summed E-state index contributed by atoms with van der Waals surface area (Å²) in [6.45, 7) is 5.35. The second-order valence-corrected chi connectivity index (χ2v) is 4.72. The van der Waals surface area contributed by atoms with Crippen LogP contribution in [0.5, 0.6) is 0 Å². The van der Waals surface area contributed by atoms with Gasteiger partial charge in [0.25, 0.3) is 0 Å². The Morgan fingerprint density at radius 1 is 1.00 bits per heavy atom. The highest BCUT2D eigenvalue weighted by atomic mass is 15.2. The molecule has 0 spiro atoms. The lowest BCUT2D eigenvalue weighted by Crippen LogP contribution is -2.40. The Bertz CT molecular complexity index is 165. The van der Waals surface area contributed by atoms with Gasteiger partial charge < -0.3 is 5.32 Å². The molecule has 2 heteroatoms. The summed E-state index contributed by atoms with van der Waals surface area (Å²) in [4.78, 5) is 2.75. The molecule has 3 fully saturated rings. The van der Waals surface area contributed by atoms with Crippen molar-refractivity contribution in [3.63, 3.8) is 0 Å². The van der Waals surface area contributed by atoms with E-state index in [1.165, 1.54) is 45.4 Å². The first-order valence-corrected chi connectivity index (χ1v) is 5.38. The van der Waals surface area contributed by atoms with E-state index < -0.39 is 0 Å². The van der Waals surface area contributed by atoms with Gasteiger partial charge in [-0.2, -0.15) is 0 Å². The molecule has 1 N–H and O–H groups in total. The number of nitrogens with zero attached hydrogens (tertiary/aromatic N) is 1. The molecule has 2 aliphatic heterocycles. The lowest BCUT2D eigenvalue weighted by Gasteiger charge is -2.35. The van der Waals surface area contributed by atoms with Crippen molar-refractivity contribution in [3.05, 3.63) is 0 Å². The Morgan fingerprint density at radius 3 is 2.17 bits per heavy atom. The molecule has 0 bridgehead atoms. The van der Waals surface area contributed by atoms with Crippen LogP contribution in [0.2, 0.25) is 0 Å². The summed E-state index contributed by atoms with van der Waals surface area (Å²) >= 11 is 0. The SMILES string of the molecule is C1CC(N2C[C@H]3CNC[C@H]3C2)C1. The minimum Gasteiger partial charge on any atom is -0.316 e. The summed E-state index contributed by atoms with van der Waals surface area (Å²) in [5.74, 6) is 1.98. The highest BCUT2D eigenvalue weighted by Gasteiger charge is 2.39. The summed E-state index contributed by atoms with van der Waals surface area (Å²) in [6, 6.07) is 0.982. The van der Waals surface area contributed by atoms with Crippen LogP contribution in [0, 0.1) is 11.8 Å². The smallest absolute Gasteiger partial charge is 0.00955 e. The fourth-order valence-electron chi connectivity index (χ4n) is 2.94. The van der Waals surface area contributed by atoms with Gasteiger partial charge in [-0.3, -0.25) is 4.90 Å². The van der Waals surface area contributed by atoms with Crippen LogP contribution in [0.1, 0.15) is 19.3 Å². The first-order valence-electron chi connectivity index (χ1n) is 5.38. The van der Waals surface area contributed by atoms with E-state index in [1.807, 2.05) is 0 Å². The van der Waals surface area contributed by atoms with Gasteiger partial charge in [0.05, 0.1) is 0 Å². The van der Waals surface area contributed by atoms with Crippen molar-refractivity contribution < 1.29 is 0 Å². The first-order chi connectivity index (χ1) is 5.93. The number of hydrogen-bond donors (Lipinski definition) is 1. The van der Waals surface area contributed by atoms with Crippen LogP contribution in [-0.4, -0.2) is 37.1 Å². The van der Waals surface area contributed by atoms with Crippen molar-refractivity contribution in [1.29, 1.82) is 0 Å². The van der Waals surface area contributed by atoms with Crippen LogP contribution in [0.15, 0.2) is 0 Å². The summed E-state index contributed by atoms with van der Waals surface area (Å²) in [6.07, 6.45) is 4.44. The number of hydrogen-bond acceptors (Lipinski definition) is 2. The predicted octanol–water partition coefficient (Wildman–Crippen LogP) is 0.690. The average molecular weight is 166 g/mol. The van der Waals surface area contributed by atoms with Gasteiger partial charge in [0, 0.05) is 19.1 Å². The molecule has 0 amide bonds.